The zero-order valence-corrected chi connectivity index (χ0v) is 13.9. The number of carbonyl (C=O) groups excluding carboxylic acids is 2. The summed E-state index contributed by atoms with van der Waals surface area (Å²) in [6.45, 7) is 1.82. The molecule has 0 aliphatic heterocycles. The molecule has 0 aromatic heterocycles. The third-order valence-corrected chi connectivity index (χ3v) is 4.62. The van der Waals surface area contributed by atoms with Gasteiger partial charge in [0.2, 0.25) is 5.91 Å². The second-order valence-corrected chi connectivity index (χ2v) is 7.50. The van der Waals surface area contributed by atoms with E-state index >= 15 is 0 Å². The van der Waals surface area contributed by atoms with E-state index in [0.29, 0.717) is 0 Å². The molecule has 23 heavy (non-hydrogen) atoms. The topological polar surface area (TPSA) is 114 Å². The lowest BCUT2D eigenvalue weighted by atomic mass is 9.94. The van der Waals surface area contributed by atoms with Crippen LogP contribution in [0.25, 0.3) is 0 Å². The van der Waals surface area contributed by atoms with Crippen molar-refractivity contribution in [2.75, 3.05) is 12.9 Å². The van der Waals surface area contributed by atoms with Gasteiger partial charge >= 0.3 is 5.97 Å². The lowest BCUT2D eigenvalue weighted by molar-refractivity contribution is -0.153. The molecule has 9 heteroatoms. The van der Waals surface area contributed by atoms with Crippen LogP contribution in [0.1, 0.15) is 32.6 Å². The fraction of sp³-hybridized carbons (Fsp3) is 0.786. The summed E-state index contributed by atoms with van der Waals surface area (Å²) in [5.41, 5.74) is 0. The van der Waals surface area contributed by atoms with Gasteiger partial charge in [0.1, 0.15) is 0 Å². The predicted octanol–water partition coefficient (Wildman–Crippen LogP) is 0.393. The average molecular weight is 344 g/mol. The van der Waals surface area contributed by atoms with Crippen LogP contribution in [-0.2, 0) is 28.6 Å². The van der Waals surface area contributed by atoms with E-state index in [1.54, 1.807) is 6.92 Å². The van der Waals surface area contributed by atoms with Gasteiger partial charge in [-0.1, -0.05) is 0 Å². The first kappa shape index (κ1) is 17.7. The minimum Gasteiger partial charge on any atom is -0.466 e. The first-order valence-electron chi connectivity index (χ1n) is 7.54. The van der Waals surface area contributed by atoms with Gasteiger partial charge in [0, 0.05) is 6.04 Å². The molecule has 2 rings (SSSR count). The molecular formula is C14H20N2O6S. The normalized spacial score (nSPS) is 27.3. The maximum atomic E-state index is 12.6. The Balaban J connectivity index is 2.16. The zero-order valence-electron chi connectivity index (χ0n) is 13.1. The smallest absolute Gasteiger partial charge is 0.309 e. The molecule has 0 bridgehead atoms. The van der Waals surface area contributed by atoms with Gasteiger partial charge in [-0.15, -0.1) is 0 Å². The molecule has 2 aliphatic carbocycles. The van der Waals surface area contributed by atoms with Crippen molar-refractivity contribution in [3.63, 3.8) is 0 Å². The van der Waals surface area contributed by atoms with E-state index in [2.05, 4.69) is 0 Å². The van der Waals surface area contributed by atoms with Crippen LogP contribution in [0, 0.1) is 23.3 Å². The third-order valence-electron chi connectivity index (χ3n) is 3.99. The molecule has 3 atom stereocenters. The molecule has 0 saturated heterocycles. The highest BCUT2D eigenvalue weighted by atomic mass is 32.2. The van der Waals surface area contributed by atoms with Crippen LogP contribution in [0.4, 0.5) is 0 Å². The number of rotatable bonds is 6. The second kappa shape index (κ2) is 6.84. The molecule has 3 unspecified atom stereocenters. The van der Waals surface area contributed by atoms with Crippen molar-refractivity contribution >= 4 is 22.0 Å². The van der Waals surface area contributed by atoms with E-state index in [-0.39, 0.29) is 25.5 Å². The summed E-state index contributed by atoms with van der Waals surface area (Å²) in [7, 11) is -3.69. The van der Waals surface area contributed by atoms with Gasteiger partial charge < -0.3 is 4.74 Å². The summed E-state index contributed by atoms with van der Waals surface area (Å²) in [5, 5.41) is 9.16. The van der Waals surface area contributed by atoms with E-state index in [1.165, 1.54) is 0 Å². The van der Waals surface area contributed by atoms with E-state index in [9.17, 15) is 18.0 Å². The standard InChI is InChI=1S/C14H20N2O6S/c1-3-21-14(18)12-7-10(22-23(2,19)20)6-11(12)13(17)16(8-15)9-4-5-9/h9-12H,3-7H2,1-2H3. The van der Waals surface area contributed by atoms with Crippen LogP contribution in [0.5, 0.6) is 0 Å². The summed E-state index contributed by atoms with van der Waals surface area (Å²) in [5.74, 6) is -2.59. The Bertz CT molecular complexity index is 622. The van der Waals surface area contributed by atoms with Crippen LogP contribution >= 0.6 is 0 Å². The van der Waals surface area contributed by atoms with Crippen LogP contribution in [0.15, 0.2) is 0 Å². The number of ether oxygens (including phenoxy) is 1. The number of esters is 1. The van der Waals surface area contributed by atoms with Crippen molar-refractivity contribution in [3.8, 4) is 6.19 Å². The van der Waals surface area contributed by atoms with Gasteiger partial charge in [-0.25, -0.2) is 4.90 Å². The van der Waals surface area contributed by atoms with Gasteiger partial charge in [0.25, 0.3) is 10.1 Å². The first-order valence-corrected chi connectivity index (χ1v) is 9.36. The molecule has 1 amide bonds. The number of nitrogens with zero attached hydrogens (tertiary/aromatic N) is 2. The highest BCUT2D eigenvalue weighted by molar-refractivity contribution is 7.86. The minimum absolute atomic E-state index is 0.0836. The molecule has 0 aromatic carbocycles. The number of nitriles is 1. The van der Waals surface area contributed by atoms with E-state index in [1.807, 2.05) is 6.19 Å². The fourth-order valence-electron chi connectivity index (χ4n) is 2.92. The minimum atomic E-state index is -3.69. The molecule has 2 fully saturated rings. The molecule has 128 valence electrons. The second-order valence-electron chi connectivity index (χ2n) is 5.90. The van der Waals surface area contributed by atoms with Gasteiger partial charge in [0.15, 0.2) is 6.19 Å². The maximum Gasteiger partial charge on any atom is 0.309 e. The van der Waals surface area contributed by atoms with Gasteiger partial charge in [-0.2, -0.15) is 13.7 Å². The Morgan fingerprint density at radius 2 is 1.87 bits per heavy atom. The number of amides is 1. The van der Waals surface area contributed by atoms with Gasteiger partial charge in [-0.05, 0) is 32.6 Å². The van der Waals surface area contributed by atoms with Crippen LogP contribution in [-0.4, -0.2) is 50.2 Å². The molecular weight excluding hydrogens is 324 g/mol. The Morgan fingerprint density at radius 3 is 2.35 bits per heavy atom. The number of hydrogen-bond acceptors (Lipinski definition) is 7. The Hall–Kier alpha value is -1.66. The molecule has 0 heterocycles. The lowest BCUT2D eigenvalue weighted by Gasteiger charge is -2.21. The predicted molar refractivity (Wildman–Crippen MR) is 78.0 cm³/mol. The van der Waals surface area contributed by atoms with E-state index < -0.39 is 39.9 Å². The molecule has 0 N–H and O–H groups in total. The van der Waals surface area contributed by atoms with E-state index in [4.69, 9.17) is 14.2 Å². The van der Waals surface area contributed by atoms with Crippen molar-refractivity contribution in [1.82, 2.24) is 4.90 Å². The summed E-state index contributed by atoms with van der Waals surface area (Å²) in [6, 6.07) is -0.106. The molecule has 0 radical (unpaired) electrons. The van der Waals surface area contributed by atoms with Crippen molar-refractivity contribution in [1.29, 1.82) is 5.26 Å². The van der Waals surface area contributed by atoms with Crippen LogP contribution in [0.3, 0.4) is 0 Å². The van der Waals surface area contributed by atoms with Gasteiger partial charge in [0.05, 0.1) is 30.8 Å². The third kappa shape index (κ3) is 4.42. The SMILES string of the molecule is CCOC(=O)C1CC(OS(C)(=O)=O)CC1C(=O)N(C#N)C1CC1. The lowest BCUT2D eigenvalue weighted by Crippen LogP contribution is -2.38. The van der Waals surface area contributed by atoms with Crippen molar-refractivity contribution in [2.45, 2.75) is 44.8 Å². The van der Waals surface area contributed by atoms with Gasteiger partial charge in [-0.3, -0.25) is 13.8 Å². The maximum absolute atomic E-state index is 12.6. The summed E-state index contributed by atoms with van der Waals surface area (Å²) < 4.78 is 32.5. The average Bonchev–Trinajstić information content (AvgIpc) is 3.18. The van der Waals surface area contributed by atoms with Crippen molar-refractivity contribution in [3.05, 3.63) is 0 Å². The highest BCUT2D eigenvalue weighted by Gasteiger charge is 2.48. The molecule has 2 aliphatic rings. The van der Waals surface area contributed by atoms with E-state index in [0.717, 1.165) is 24.0 Å². The summed E-state index contributed by atoms with van der Waals surface area (Å²) >= 11 is 0. The summed E-state index contributed by atoms with van der Waals surface area (Å²) in [4.78, 5) is 25.8. The van der Waals surface area contributed by atoms with Crippen molar-refractivity contribution < 1.29 is 26.9 Å². The highest BCUT2D eigenvalue weighted by Crippen LogP contribution is 2.38. The number of hydrogen-bond donors (Lipinski definition) is 0. The van der Waals surface area contributed by atoms with Crippen LogP contribution < -0.4 is 0 Å². The largest absolute Gasteiger partial charge is 0.466 e. The first-order chi connectivity index (χ1) is 10.8. The number of carbonyl (C=O) groups is 2. The van der Waals surface area contributed by atoms with Crippen LogP contribution in [0.2, 0.25) is 0 Å². The molecule has 8 nitrogen and oxygen atoms in total. The van der Waals surface area contributed by atoms with Crippen molar-refractivity contribution in [2.24, 2.45) is 11.8 Å². The fourth-order valence-corrected chi connectivity index (χ4v) is 3.57. The zero-order chi connectivity index (χ0) is 17.2. The Kier molecular flexibility index (Phi) is 5.26. The quantitative estimate of drug-likeness (QED) is 0.296. The Labute approximate surface area is 135 Å². The monoisotopic (exact) mass is 344 g/mol. The Morgan fingerprint density at radius 1 is 1.26 bits per heavy atom. The molecule has 0 aromatic rings. The molecule has 2 saturated carbocycles. The molecule has 0 spiro atoms. The summed E-state index contributed by atoms with van der Waals surface area (Å²) in [6.07, 6.45) is 3.74.